The fraction of sp³-hybridized carbons (Fsp3) is 0.0323. The number of furan rings is 1. The van der Waals surface area contributed by atoms with Crippen LogP contribution in [0.4, 0.5) is 0 Å². The molecule has 150 valence electrons. The number of benzene rings is 5. The van der Waals surface area contributed by atoms with Gasteiger partial charge in [-0.3, -0.25) is 0 Å². The predicted molar refractivity (Wildman–Crippen MR) is 131 cm³/mol. The maximum Gasteiger partial charge on any atom is 0.143 e. The lowest BCUT2D eigenvalue weighted by Gasteiger charge is -2.33. The average molecular weight is 409 g/mol. The molecule has 0 fully saturated rings. The van der Waals surface area contributed by atoms with Crippen molar-refractivity contribution in [2.75, 3.05) is 0 Å². The van der Waals surface area contributed by atoms with Crippen LogP contribution in [0.3, 0.4) is 0 Å². The molecule has 1 aliphatic carbocycles. The molecule has 0 radical (unpaired) electrons. The summed E-state index contributed by atoms with van der Waals surface area (Å²) in [6.07, 6.45) is 0. The minimum atomic E-state index is -0.387. The molecular weight excluding hydrogens is 388 g/mol. The van der Waals surface area contributed by atoms with E-state index >= 15 is 0 Å². The Bertz CT molecular complexity index is 1570. The van der Waals surface area contributed by atoms with Crippen LogP contribution in [-0.4, -0.2) is 0 Å². The van der Waals surface area contributed by atoms with Crippen molar-refractivity contribution in [3.05, 3.63) is 144 Å². The molecule has 1 aliphatic rings. The van der Waals surface area contributed by atoms with E-state index in [2.05, 4.69) is 115 Å². The van der Waals surface area contributed by atoms with Crippen LogP contribution in [0.25, 0.3) is 33.1 Å². The first kappa shape index (κ1) is 17.6. The van der Waals surface area contributed by atoms with Crippen LogP contribution in [0.15, 0.2) is 126 Å². The molecule has 0 atom stereocenters. The van der Waals surface area contributed by atoms with Crippen molar-refractivity contribution in [1.29, 1.82) is 0 Å². The molecule has 0 spiro atoms. The maximum atomic E-state index is 6.52. The summed E-state index contributed by atoms with van der Waals surface area (Å²) in [6.45, 7) is 0. The zero-order valence-corrected chi connectivity index (χ0v) is 17.5. The second-order valence-corrected chi connectivity index (χ2v) is 8.49. The van der Waals surface area contributed by atoms with Gasteiger partial charge in [-0.25, -0.2) is 0 Å². The Kier molecular flexibility index (Phi) is 3.54. The first-order chi connectivity index (χ1) is 15.9. The normalized spacial score (nSPS) is 13.9. The van der Waals surface area contributed by atoms with Crippen molar-refractivity contribution < 1.29 is 4.42 Å². The average Bonchev–Trinajstić information content (AvgIpc) is 3.39. The summed E-state index contributed by atoms with van der Waals surface area (Å²) >= 11 is 0. The fourth-order valence-corrected chi connectivity index (χ4v) is 5.71. The Morgan fingerprint density at radius 2 is 1.09 bits per heavy atom. The minimum Gasteiger partial charge on any atom is -0.455 e. The van der Waals surface area contributed by atoms with Crippen molar-refractivity contribution >= 4 is 21.9 Å². The summed E-state index contributed by atoms with van der Waals surface area (Å²) in [5.74, 6) is 0. The third-order valence-electron chi connectivity index (χ3n) is 6.96. The van der Waals surface area contributed by atoms with Gasteiger partial charge in [-0.1, -0.05) is 115 Å². The van der Waals surface area contributed by atoms with Crippen LogP contribution in [0.1, 0.15) is 22.3 Å². The third kappa shape index (κ3) is 2.13. The standard InChI is InChI=1S/C31H20O/c1-3-11-21(12-4-1)31(22-13-5-2-6-14-22)26-17-9-7-16-25(26)29-27(31)20-19-24-23-15-8-10-18-28(23)32-30(24)29/h1-20H. The van der Waals surface area contributed by atoms with Gasteiger partial charge in [0.1, 0.15) is 11.2 Å². The molecule has 1 heteroatoms. The number of hydrogen-bond acceptors (Lipinski definition) is 1. The van der Waals surface area contributed by atoms with Gasteiger partial charge in [0.2, 0.25) is 0 Å². The largest absolute Gasteiger partial charge is 0.455 e. The van der Waals surface area contributed by atoms with Gasteiger partial charge in [0.25, 0.3) is 0 Å². The lowest BCUT2D eigenvalue weighted by molar-refractivity contribution is 0.669. The smallest absolute Gasteiger partial charge is 0.143 e. The molecule has 0 saturated heterocycles. The molecule has 6 aromatic rings. The summed E-state index contributed by atoms with van der Waals surface area (Å²) < 4.78 is 6.52. The Morgan fingerprint density at radius 1 is 0.469 bits per heavy atom. The summed E-state index contributed by atoms with van der Waals surface area (Å²) in [5, 5.41) is 2.34. The summed E-state index contributed by atoms with van der Waals surface area (Å²) in [7, 11) is 0. The zero-order valence-electron chi connectivity index (χ0n) is 17.5. The van der Waals surface area contributed by atoms with Crippen LogP contribution in [0.5, 0.6) is 0 Å². The number of para-hydroxylation sites is 1. The highest BCUT2D eigenvalue weighted by molar-refractivity contribution is 6.12. The van der Waals surface area contributed by atoms with E-state index in [4.69, 9.17) is 4.42 Å². The molecular formula is C31H20O. The van der Waals surface area contributed by atoms with Crippen LogP contribution in [0.2, 0.25) is 0 Å². The SMILES string of the molecule is c1ccc(C2(c3ccccc3)c3ccccc3-c3c2ccc2c3oc3ccccc32)cc1. The number of fused-ring (bicyclic) bond motifs is 7. The van der Waals surface area contributed by atoms with E-state index < -0.39 is 0 Å². The Morgan fingerprint density at radius 3 is 1.84 bits per heavy atom. The molecule has 5 aromatic carbocycles. The van der Waals surface area contributed by atoms with Crippen molar-refractivity contribution in [2.24, 2.45) is 0 Å². The van der Waals surface area contributed by atoms with Crippen LogP contribution >= 0.6 is 0 Å². The molecule has 0 bridgehead atoms. The van der Waals surface area contributed by atoms with Crippen molar-refractivity contribution in [3.8, 4) is 11.1 Å². The van der Waals surface area contributed by atoms with E-state index in [1.54, 1.807) is 0 Å². The highest BCUT2D eigenvalue weighted by Crippen LogP contribution is 2.58. The van der Waals surface area contributed by atoms with Crippen LogP contribution in [-0.2, 0) is 5.41 Å². The highest BCUT2D eigenvalue weighted by atomic mass is 16.3. The maximum absolute atomic E-state index is 6.52. The molecule has 0 unspecified atom stereocenters. The quantitative estimate of drug-likeness (QED) is 0.283. The van der Waals surface area contributed by atoms with Crippen LogP contribution in [0, 0.1) is 0 Å². The topological polar surface area (TPSA) is 13.1 Å². The summed E-state index contributed by atoms with van der Waals surface area (Å²) in [6, 6.07) is 43.4. The lowest BCUT2D eigenvalue weighted by atomic mass is 9.68. The fourth-order valence-electron chi connectivity index (χ4n) is 5.71. The van der Waals surface area contributed by atoms with Gasteiger partial charge in [0.05, 0.1) is 5.41 Å². The molecule has 32 heavy (non-hydrogen) atoms. The second-order valence-electron chi connectivity index (χ2n) is 8.49. The van der Waals surface area contributed by atoms with Gasteiger partial charge in [-0.15, -0.1) is 0 Å². The van der Waals surface area contributed by atoms with Crippen LogP contribution < -0.4 is 0 Å². The minimum absolute atomic E-state index is 0.387. The summed E-state index contributed by atoms with van der Waals surface area (Å²) in [4.78, 5) is 0. The van der Waals surface area contributed by atoms with Crippen molar-refractivity contribution in [3.63, 3.8) is 0 Å². The van der Waals surface area contributed by atoms with Gasteiger partial charge in [0, 0.05) is 16.3 Å². The van der Waals surface area contributed by atoms with Gasteiger partial charge >= 0.3 is 0 Å². The van der Waals surface area contributed by atoms with Crippen molar-refractivity contribution in [2.45, 2.75) is 5.41 Å². The van der Waals surface area contributed by atoms with Gasteiger partial charge < -0.3 is 4.42 Å². The monoisotopic (exact) mass is 408 g/mol. The predicted octanol–water partition coefficient (Wildman–Crippen LogP) is 7.95. The molecule has 0 amide bonds. The lowest BCUT2D eigenvalue weighted by Crippen LogP contribution is -2.28. The summed E-state index contributed by atoms with van der Waals surface area (Å²) in [5.41, 5.74) is 9.11. The van der Waals surface area contributed by atoms with E-state index in [9.17, 15) is 0 Å². The van der Waals surface area contributed by atoms with E-state index in [0.717, 1.165) is 11.2 Å². The zero-order chi connectivity index (χ0) is 21.1. The molecule has 0 N–H and O–H groups in total. The van der Waals surface area contributed by atoms with Gasteiger partial charge in [0.15, 0.2) is 0 Å². The van der Waals surface area contributed by atoms with Crippen molar-refractivity contribution in [1.82, 2.24) is 0 Å². The third-order valence-corrected chi connectivity index (χ3v) is 6.96. The first-order valence-corrected chi connectivity index (χ1v) is 11.0. The number of hydrogen-bond donors (Lipinski definition) is 0. The molecule has 1 aromatic heterocycles. The second kappa shape index (κ2) is 6.45. The van der Waals surface area contributed by atoms with E-state index in [-0.39, 0.29) is 5.41 Å². The molecule has 0 saturated carbocycles. The molecule has 1 nitrogen and oxygen atoms in total. The molecule has 7 rings (SSSR count). The molecule has 1 heterocycles. The highest BCUT2D eigenvalue weighted by Gasteiger charge is 2.47. The van der Waals surface area contributed by atoms with E-state index in [1.165, 1.54) is 44.2 Å². The van der Waals surface area contributed by atoms with E-state index in [1.807, 2.05) is 6.07 Å². The van der Waals surface area contributed by atoms with E-state index in [0.29, 0.717) is 0 Å². The van der Waals surface area contributed by atoms with Gasteiger partial charge in [-0.05, 0) is 33.9 Å². The Labute approximate surface area is 186 Å². The number of rotatable bonds is 2. The Balaban J connectivity index is 1.71. The molecule has 0 aliphatic heterocycles. The Hall–Kier alpha value is -4.10. The first-order valence-electron chi connectivity index (χ1n) is 11.0. The van der Waals surface area contributed by atoms with Gasteiger partial charge in [-0.2, -0.15) is 0 Å².